The molecule has 1 aromatic carbocycles. The zero-order valence-electron chi connectivity index (χ0n) is 8.94. The first-order valence-electron chi connectivity index (χ1n) is 5.32. The van der Waals surface area contributed by atoms with Crippen LogP contribution in [-0.4, -0.2) is 23.1 Å². The number of hydrogen-bond acceptors (Lipinski definition) is 1. The van der Waals surface area contributed by atoms with Crippen molar-refractivity contribution in [3.05, 3.63) is 35.9 Å². The van der Waals surface area contributed by atoms with Crippen LogP contribution in [0.2, 0.25) is 0 Å². The van der Waals surface area contributed by atoms with Gasteiger partial charge in [0.1, 0.15) is 0 Å². The van der Waals surface area contributed by atoms with E-state index in [1.165, 1.54) is 5.56 Å². The third-order valence-electron chi connectivity index (χ3n) is 2.64. The van der Waals surface area contributed by atoms with Crippen molar-refractivity contribution in [1.29, 1.82) is 0 Å². The molecule has 1 heterocycles. The minimum atomic E-state index is 0.667. The van der Waals surface area contributed by atoms with Crippen LogP contribution >= 0.6 is 12.2 Å². The first kappa shape index (κ1) is 10.4. The minimum Gasteiger partial charge on any atom is -0.362 e. The van der Waals surface area contributed by atoms with Crippen molar-refractivity contribution in [1.82, 2.24) is 10.2 Å². The van der Waals surface area contributed by atoms with Crippen LogP contribution in [0.1, 0.15) is 12.5 Å². The Bertz CT molecular complexity index is 337. The minimum absolute atomic E-state index is 0.667. The topological polar surface area (TPSA) is 15.3 Å². The summed E-state index contributed by atoms with van der Waals surface area (Å²) >= 11 is 5.29. The number of thiocarbonyl (C=S) groups is 1. The Labute approximate surface area is 96.3 Å². The molecule has 0 spiro atoms. The summed E-state index contributed by atoms with van der Waals surface area (Å²) in [5.41, 5.74) is 1.32. The Balaban J connectivity index is 2.01. The summed E-state index contributed by atoms with van der Waals surface area (Å²) in [6, 6.07) is 10.5. The lowest BCUT2D eigenvalue weighted by Crippen LogP contribution is -2.49. The summed E-state index contributed by atoms with van der Waals surface area (Å²) in [5.74, 6) is 0.667. The van der Waals surface area contributed by atoms with E-state index in [2.05, 4.69) is 41.4 Å². The first-order chi connectivity index (χ1) is 7.25. The predicted molar refractivity (Wildman–Crippen MR) is 66.6 cm³/mol. The van der Waals surface area contributed by atoms with Crippen LogP contribution in [0.5, 0.6) is 0 Å². The summed E-state index contributed by atoms with van der Waals surface area (Å²) in [5, 5.41) is 4.15. The van der Waals surface area contributed by atoms with Crippen molar-refractivity contribution in [2.45, 2.75) is 13.5 Å². The van der Waals surface area contributed by atoms with Crippen molar-refractivity contribution >= 4 is 17.3 Å². The zero-order chi connectivity index (χ0) is 10.7. The third-order valence-corrected chi connectivity index (χ3v) is 3.04. The summed E-state index contributed by atoms with van der Waals surface area (Å²) in [6.07, 6.45) is 0. The molecule has 0 radical (unpaired) electrons. The predicted octanol–water partition coefficient (Wildman–Crippen LogP) is 2.01. The van der Waals surface area contributed by atoms with E-state index < -0.39 is 0 Å². The Morgan fingerprint density at radius 1 is 1.40 bits per heavy atom. The van der Waals surface area contributed by atoms with Crippen LogP contribution in [0, 0.1) is 5.92 Å². The fraction of sp³-hybridized carbons (Fsp3) is 0.417. The fourth-order valence-corrected chi connectivity index (χ4v) is 2.06. The highest BCUT2D eigenvalue weighted by atomic mass is 32.1. The number of rotatable bonds is 2. The Hall–Kier alpha value is -1.09. The molecule has 2 nitrogen and oxygen atoms in total. The average molecular weight is 220 g/mol. The normalized spacial score (nSPS) is 21.3. The van der Waals surface area contributed by atoms with Crippen LogP contribution in [-0.2, 0) is 6.54 Å². The van der Waals surface area contributed by atoms with Gasteiger partial charge in [-0.3, -0.25) is 0 Å². The van der Waals surface area contributed by atoms with Gasteiger partial charge in [-0.05, 0) is 23.7 Å². The molecule has 0 amide bonds. The van der Waals surface area contributed by atoms with Gasteiger partial charge < -0.3 is 10.2 Å². The fourth-order valence-electron chi connectivity index (χ4n) is 1.84. The van der Waals surface area contributed by atoms with E-state index in [0.717, 1.165) is 24.7 Å². The quantitative estimate of drug-likeness (QED) is 0.768. The molecular weight excluding hydrogens is 204 g/mol. The van der Waals surface area contributed by atoms with E-state index in [0.29, 0.717) is 5.92 Å². The Morgan fingerprint density at radius 2 is 2.13 bits per heavy atom. The molecule has 0 saturated carbocycles. The molecule has 80 valence electrons. The van der Waals surface area contributed by atoms with Gasteiger partial charge in [0.05, 0.1) is 0 Å². The van der Waals surface area contributed by atoms with Gasteiger partial charge in [0, 0.05) is 19.6 Å². The van der Waals surface area contributed by atoms with E-state index in [4.69, 9.17) is 12.2 Å². The van der Waals surface area contributed by atoms with E-state index >= 15 is 0 Å². The number of benzene rings is 1. The smallest absolute Gasteiger partial charge is 0.169 e. The highest BCUT2D eigenvalue weighted by Gasteiger charge is 2.19. The first-order valence-corrected chi connectivity index (χ1v) is 5.73. The van der Waals surface area contributed by atoms with Gasteiger partial charge in [0.25, 0.3) is 0 Å². The molecule has 1 fully saturated rings. The van der Waals surface area contributed by atoms with E-state index in [1.54, 1.807) is 0 Å². The Morgan fingerprint density at radius 3 is 2.87 bits per heavy atom. The lowest BCUT2D eigenvalue weighted by Gasteiger charge is -2.34. The monoisotopic (exact) mass is 220 g/mol. The molecule has 1 atom stereocenters. The molecule has 1 aromatic rings. The van der Waals surface area contributed by atoms with Gasteiger partial charge >= 0.3 is 0 Å². The van der Waals surface area contributed by atoms with Gasteiger partial charge in [-0.1, -0.05) is 37.3 Å². The molecule has 15 heavy (non-hydrogen) atoms. The maximum atomic E-state index is 5.29. The SMILES string of the molecule is CC1CNC(=S)N(Cc2ccccc2)C1. The Kier molecular flexibility index (Phi) is 3.21. The zero-order valence-corrected chi connectivity index (χ0v) is 9.76. The lowest BCUT2D eigenvalue weighted by atomic mass is 10.1. The molecule has 1 saturated heterocycles. The van der Waals surface area contributed by atoms with Crippen molar-refractivity contribution in [2.24, 2.45) is 5.92 Å². The maximum Gasteiger partial charge on any atom is 0.169 e. The summed E-state index contributed by atoms with van der Waals surface area (Å²) in [7, 11) is 0. The van der Waals surface area contributed by atoms with Crippen molar-refractivity contribution < 1.29 is 0 Å². The molecular formula is C12H16N2S. The van der Waals surface area contributed by atoms with Crippen LogP contribution in [0.4, 0.5) is 0 Å². The van der Waals surface area contributed by atoms with E-state index in [-0.39, 0.29) is 0 Å². The molecule has 1 aliphatic heterocycles. The molecule has 3 heteroatoms. The van der Waals surface area contributed by atoms with Crippen LogP contribution < -0.4 is 5.32 Å². The molecule has 0 bridgehead atoms. The van der Waals surface area contributed by atoms with Gasteiger partial charge in [-0.15, -0.1) is 0 Å². The summed E-state index contributed by atoms with van der Waals surface area (Å²) < 4.78 is 0. The van der Waals surface area contributed by atoms with E-state index in [1.807, 2.05) is 6.07 Å². The third kappa shape index (κ3) is 2.69. The largest absolute Gasteiger partial charge is 0.362 e. The van der Waals surface area contributed by atoms with Gasteiger partial charge in [0.15, 0.2) is 5.11 Å². The number of nitrogens with one attached hydrogen (secondary N) is 1. The highest BCUT2D eigenvalue weighted by Crippen LogP contribution is 2.11. The van der Waals surface area contributed by atoms with Gasteiger partial charge in [-0.25, -0.2) is 0 Å². The van der Waals surface area contributed by atoms with Crippen LogP contribution in [0.3, 0.4) is 0 Å². The second-order valence-corrected chi connectivity index (χ2v) is 4.54. The molecule has 1 aliphatic rings. The molecule has 0 aromatic heterocycles. The maximum absolute atomic E-state index is 5.29. The second-order valence-electron chi connectivity index (χ2n) is 4.16. The summed E-state index contributed by atoms with van der Waals surface area (Å²) in [4.78, 5) is 2.23. The van der Waals surface area contributed by atoms with E-state index in [9.17, 15) is 0 Å². The molecule has 0 aliphatic carbocycles. The number of nitrogens with zero attached hydrogens (tertiary/aromatic N) is 1. The average Bonchev–Trinajstić information content (AvgIpc) is 2.25. The van der Waals surface area contributed by atoms with Gasteiger partial charge in [0.2, 0.25) is 0 Å². The van der Waals surface area contributed by atoms with Crippen molar-refractivity contribution in [3.8, 4) is 0 Å². The highest BCUT2D eigenvalue weighted by molar-refractivity contribution is 7.80. The molecule has 1 N–H and O–H groups in total. The van der Waals surface area contributed by atoms with Gasteiger partial charge in [-0.2, -0.15) is 0 Å². The second kappa shape index (κ2) is 4.62. The molecule has 1 unspecified atom stereocenters. The van der Waals surface area contributed by atoms with Crippen molar-refractivity contribution in [3.63, 3.8) is 0 Å². The van der Waals surface area contributed by atoms with Crippen molar-refractivity contribution in [2.75, 3.05) is 13.1 Å². The lowest BCUT2D eigenvalue weighted by molar-refractivity contribution is 0.307. The molecule has 2 rings (SSSR count). The van der Waals surface area contributed by atoms with Crippen LogP contribution in [0.25, 0.3) is 0 Å². The standard InChI is InChI=1S/C12H16N2S/c1-10-7-13-12(15)14(8-10)9-11-5-3-2-4-6-11/h2-6,10H,7-9H2,1H3,(H,13,15). The van der Waals surface area contributed by atoms with Crippen LogP contribution in [0.15, 0.2) is 30.3 Å². The number of hydrogen-bond donors (Lipinski definition) is 1. The summed E-state index contributed by atoms with van der Waals surface area (Å²) in [6.45, 7) is 5.22.